The molecule has 2 aromatic rings. The summed E-state index contributed by atoms with van der Waals surface area (Å²) < 4.78 is 6.41. The summed E-state index contributed by atoms with van der Waals surface area (Å²) in [6, 6.07) is 14.4. The lowest BCUT2D eigenvalue weighted by Crippen LogP contribution is -2.23. The van der Waals surface area contributed by atoms with Crippen molar-refractivity contribution >= 4 is 33.4 Å². The van der Waals surface area contributed by atoms with Crippen LogP contribution in [0.15, 0.2) is 53.0 Å². The topological polar surface area (TPSA) is 38.3 Å². The Balaban J connectivity index is 1.75. The molecule has 1 amide bonds. The maximum absolute atomic E-state index is 11.9. The lowest BCUT2D eigenvalue weighted by Gasteiger charge is -2.03. The van der Waals surface area contributed by atoms with E-state index in [1.165, 1.54) is 0 Å². The van der Waals surface area contributed by atoms with E-state index in [1.807, 2.05) is 24.3 Å². The van der Waals surface area contributed by atoms with Crippen LogP contribution in [-0.2, 0) is 0 Å². The lowest BCUT2D eigenvalue weighted by molar-refractivity contribution is 0.0959. The molecule has 0 aromatic heterocycles. The van der Waals surface area contributed by atoms with Gasteiger partial charge in [0.1, 0.15) is 12.4 Å². The second kappa shape index (κ2) is 8.47. The number of carbonyl (C=O) groups excluding carboxylic acids is 1. The SMILES string of the molecule is O=C(NCC#CCOc1cccc(Br)c1)c1ccccc1Cl. The molecular formula is C17H13BrClNO2. The van der Waals surface area contributed by atoms with Gasteiger partial charge in [-0.25, -0.2) is 0 Å². The molecule has 0 spiro atoms. The van der Waals surface area contributed by atoms with Crippen molar-refractivity contribution in [1.29, 1.82) is 0 Å². The molecule has 0 aliphatic rings. The van der Waals surface area contributed by atoms with Gasteiger partial charge in [-0.2, -0.15) is 0 Å². The Labute approximate surface area is 142 Å². The second-order valence-corrected chi connectivity index (χ2v) is 5.59. The molecule has 0 saturated carbocycles. The van der Waals surface area contributed by atoms with Gasteiger partial charge < -0.3 is 10.1 Å². The first-order valence-electron chi connectivity index (χ1n) is 6.53. The van der Waals surface area contributed by atoms with Gasteiger partial charge in [-0.3, -0.25) is 4.79 Å². The first-order chi connectivity index (χ1) is 10.7. The number of nitrogens with one attached hydrogen (secondary N) is 1. The second-order valence-electron chi connectivity index (χ2n) is 4.26. The summed E-state index contributed by atoms with van der Waals surface area (Å²) in [6.07, 6.45) is 0. The quantitative estimate of drug-likeness (QED) is 0.819. The van der Waals surface area contributed by atoms with E-state index in [0.717, 1.165) is 10.2 Å². The molecule has 2 aromatic carbocycles. The summed E-state index contributed by atoms with van der Waals surface area (Å²) in [4.78, 5) is 11.9. The minimum absolute atomic E-state index is 0.242. The molecule has 0 radical (unpaired) electrons. The number of halogens is 2. The number of hydrogen-bond donors (Lipinski definition) is 1. The molecule has 3 nitrogen and oxygen atoms in total. The minimum atomic E-state index is -0.243. The number of hydrogen-bond acceptors (Lipinski definition) is 2. The third-order valence-corrected chi connectivity index (χ3v) is 3.51. The Morgan fingerprint density at radius 2 is 2.00 bits per heavy atom. The Kier molecular flexibility index (Phi) is 6.32. The number of benzene rings is 2. The highest BCUT2D eigenvalue weighted by Gasteiger charge is 2.07. The van der Waals surface area contributed by atoms with Crippen LogP contribution in [0.1, 0.15) is 10.4 Å². The van der Waals surface area contributed by atoms with Gasteiger partial charge in [0, 0.05) is 4.47 Å². The first-order valence-corrected chi connectivity index (χ1v) is 7.71. The molecule has 0 aliphatic heterocycles. The fourth-order valence-electron chi connectivity index (χ4n) is 1.65. The highest BCUT2D eigenvalue weighted by molar-refractivity contribution is 9.10. The first kappa shape index (κ1) is 16.4. The maximum Gasteiger partial charge on any atom is 0.253 e. The average molecular weight is 379 g/mol. The van der Waals surface area contributed by atoms with Crippen molar-refractivity contribution in [3.05, 3.63) is 63.6 Å². The molecule has 1 N–H and O–H groups in total. The van der Waals surface area contributed by atoms with Crippen LogP contribution in [0.25, 0.3) is 0 Å². The van der Waals surface area contributed by atoms with E-state index in [0.29, 0.717) is 10.6 Å². The fraction of sp³-hybridized carbons (Fsp3) is 0.118. The number of rotatable bonds is 4. The fourth-order valence-corrected chi connectivity index (χ4v) is 2.25. The summed E-state index contributed by atoms with van der Waals surface area (Å²) in [5.74, 6) is 6.17. The molecule has 0 fully saturated rings. The third-order valence-electron chi connectivity index (χ3n) is 2.69. The van der Waals surface area contributed by atoms with E-state index in [1.54, 1.807) is 24.3 Å². The largest absolute Gasteiger partial charge is 0.481 e. The van der Waals surface area contributed by atoms with Crippen molar-refractivity contribution in [3.8, 4) is 17.6 Å². The molecule has 112 valence electrons. The van der Waals surface area contributed by atoms with Crippen molar-refractivity contribution in [2.75, 3.05) is 13.2 Å². The highest BCUT2D eigenvalue weighted by Crippen LogP contribution is 2.17. The normalized spacial score (nSPS) is 9.55. The van der Waals surface area contributed by atoms with Crippen molar-refractivity contribution in [3.63, 3.8) is 0 Å². The van der Waals surface area contributed by atoms with E-state index >= 15 is 0 Å². The summed E-state index contributed by atoms with van der Waals surface area (Å²) >= 11 is 9.31. The van der Waals surface area contributed by atoms with Crippen LogP contribution in [-0.4, -0.2) is 19.1 Å². The van der Waals surface area contributed by atoms with E-state index in [-0.39, 0.29) is 19.1 Å². The van der Waals surface area contributed by atoms with Gasteiger partial charge >= 0.3 is 0 Å². The summed E-state index contributed by atoms with van der Waals surface area (Å²) in [5, 5.41) is 3.11. The molecule has 0 saturated heterocycles. The highest BCUT2D eigenvalue weighted by atomic mass is 79.9. The molecule has 0 heterocycles. The molecule has 22 heavy (non-hydrogen) atoms. The van der Waals surface area contributed by atoms with Gasteiger partial charge in [0.15, 0.2) is 0 Å². The third kappa shape index (κ3) is 5.10. The van der Waals surface area contributed by atoms with Crippen LogP contribution in [0.2, 0.25) is 5.02 Å². The van der Waals surface area contributed by atoms with Crippen molar-refractivity contribution in [1.82, 2.24) is 5.32 Å². The van der Waals surface area contributed by atoms with Gasteiger partial charge in [-0.1, -0.05) is 57.6 Å². The van der Waals surface area contributed by atoms with E-state index in [4.69, 9.17) is 16.3 Å². The zero-order valence-electron chi connectivity index (χ0n) is 11.6. The number of ether oxygens (including phenoxy) is 1. The number of amides is 1. The predicted molar refractivity (Wildman–Crippen MR) is 91.2 cm³/mol. The smallest absolute Gasteiger partial charge is 0.253 e. The van der Waals surface area contributed by atoms with Gasteiger partial charge in [-0.15, -0.1) is 0 Å². The van der Waals surface area contributed by atoms with E-state index in [2.05, 4.69) is 33.1 Å². The Bertz CT molecular complexity index is 722. The Morgan fingerprint density at radius 3 is 2.77 bits per heavy atom. The van der Waals surface area contributed by atoms with Crippen LogP contribution < -0.4 is 10.1 Å². The monoisotopic (exact) mass is 377 g/mol. The summed E-state index contributed by atoms with van der Waals surface area (Å²) in [7, 11) is 0. The van der Waals surface area contributed by atoms with Crippen molar-refractivity contribution in [2.45, 2.75) is 0 Å². The molecule has 0 aliphatic carbocycles. The van der Waals surface area contributed by atoms with Gasteiger partial charge in [0.2, 0.25) is 0 Å². The van der Waals surface area contributed by atoms with Crippen molar-refractivity contribution in [2.24, 2.45) is 0 Å². The predicted octanol–water partition coefficient (Wildman–Crippen LogP) is 3.91. The zero-order chi connectivity index (χ0) is 15.8. The molecule has 0 bridgehead atoms. The zero-order valence-corrected chi connectivity index (χ0v) is 13.9. The maximum atomic E-state index is 11.9. The lowest BCUT2D eigenvalue weighted by atomic mass is 10.2. The van der Waals surface area contributed by atoms with Crippen LogP contribution in [0.3, 0.4) is 0 Å². The van der Waals surface area contributed by atoms with Crippen molar-refractivity contribution < 1.29 is 9.53 Å². The number of carbonyl (C=O) groups is 1. The molecule has 5 heteroatoms. The van der Waals surface area contributed by atoms with Crippen LogP contribution in [0.5, 0.6) is 5.75 Å². The standard InChI is InChI=1S/C17H13BrClNO2/c18-13-6-5-7-14(12-13)22-11-4-3-10-20-17(21)15-8-1-2-9-16(15)19/h1-2,5-9,12H,10-11H2,(H,20,21). The van der Waals surface area contributed by atoms with Crippen LogP contribution in [0, 0.1) is 11.8 Å². The van der Waals surface area contributed by atoms with E-state index in [9.17, 15) is 4.79 Å². The minimum Gasteiger partial charge on any atom is -0.481 e. The molecule has 0 atom stereocenters. The average Bonchev–Trinajstić information content (AvgIpc) is 2.51. The van der Waals surface area contributed by atoms with E-state index < -0.39 is 0 Å². The molecule has 2 rings (SSSR count). The van der Waals surface area contributed by atoms with Crippen LogP contribution in [0.4, 0.5) is 0 Å². The molecule has 0 unspecified atom stereocenters. The van der Waals surface area contributed by atoms with Gasteiger partial charge in [-0.05, 0) is 30.3 Å². The summed E-state index contributed by atoms with van der Waals surface area (Å²) in [6.45, 7) is 0.504. The molecular weight excluding hydrogens is 366 g/mol. The Morgan fingerprint density at radius 1 is 1.18 bits per heavy atom. The Hall–Kier alpha value is -1.96. The van der Waals surface area contributed by atoms with Gasteiger partial charge in [0.25, 0.3) is 5.91 Å². The van der Waals surface area contributed by atoms with Crippen LogP contribution >= 0.6 is 27.5 Å². The van der Waals surface area contributed by atoms with Gasteiger partial charge in [0.05, 0.1) is 17.1 Å². The summed E-state index contributed by atoms with van der Waals surface area (Å²) in [5.41, 5.74) is 0.441.